The molecule has 0 saturated heterocycles. The van der Waals surface area contributed by atoms with Crippen molar-refractivity contribution in [1.82, 2.24) is 4.98 Å². The van der Waals surface area contributed by atoms with Gasteiger partial charge in [0.05, 0.1) is 25.6 Å². The summed E-state index contributed by atoms with van der Waals surface area (Å²) in [7, 11) is 2.97. The van der Waals surface area contributed by atoms with Crippen molar-refractivity contribution in [2.75, 3.05) is 25.3 Å². The zero-order chi connectivity index (χ0) is 15.4. The molecule has 110 valence electrons. The van der Waals surface area contributed by atoms with Gasteiger partial charge in [0.25, 0.3) is 5.91 Å². The SMILES string of the molecule is COc1cc(N)c(NC(=O)c2cc[nH]c(=O)c2)cc1OC. The first-order valence-corrected chi connectivity index (χ1v) is 6.06. The average molecular weight is 289 g/mol. The summed E-state index contributed by atoms with van der Waals surface area (Å²) in [6.07, 6.45) is 1.40. The standard InChI is InChI=1S/C14H15N3O4/c1-20-11-6-9(15)10(7-12(11)21-2)17-14(19)8-3-4-16-13(18)5-8/h3-7H,15H2,1-2H3,(H,16,18)(H,17,19). The number of ether oxygens (including phenoxy) is 2. The van der Waals surface area contributed by atoms with E-state index < -0.39 is 5.91 Å². The Morgan fingerprint density at radius 3 is 2.48 bits per heavy atom. The number of hydrogen-bond acceptors (Lipinski definition) is 5. The number of carbonyl (C=O) groups is 1. The van der Waals surface area contributed by atoms with Gasteiger partial charge in [-0.15, -0.1) is 0 Å². The molecule has 4 N–H and O–H groups in total. The van der Waals surface area contributed by atoms with Crippen LogP contribution in [0.4, 0.5) is 11.4 Å². The first kappa shape index (κ1) is 14.4. The Balaban J connectivity index is 2.31. The van der Waals surface area contributed by atoms with E-state index in [4.69, 9.17) is 15.2 Å². The summed E-state index contributed by atoms with van der Waals surface area (Å²) in [6, 6.07) is 5.80. The molecule has 2 aromatic rings. The lowest BCUT2D eigenvalue weighted by molar-refractivity contribution is 0.102. The topological polar surface area (TPSA) is 106 Å². The van der Waals surface area contributed by atoms with Gasteiger partial charge < -0.3 is 25.5 Å². The zero-order valence-electron chi connectivity index (χ0n) is 11.6. The molecule has 0 spiro atoms. The van der Waals surface area contributed by atoms with Gasteiger partial charge in [0, 0.05) is 30.0 Å². The van der Waals surface area contributed by atoms with Gasteiger partial charge in [0.15, 0.2) is 11.5 Å². The third kappa shape index (κ3) is 3.14. The highest BCUT2D eigenvalue weighted by Gasteiger charge is 2.13. The predicted molar refractivity (Wildman–Crippen MR) is 79.0 cm³/mol. The summed E-state index contributed by atoms with van der Waals surface area (Å²) in [6.45, 7) is 0. The highest BCUT2D eigenvalue weighted by Crippen LogP contribution is 2.34. The fourth-order valence-electron chi connectivity index (χ4n) is 1.78. The summed E-state index contributed by atoms with van der Waals surface area (Å²) >= 11 is 0. The fraction of sp³-hybridized carbons (Fsp3) is 0.143. The molecule has 0 aliphatic rings. The Bertz CT molecular complexity index is 724. The molecule has 7 nitrogen and oxygen atoms in total. The van der Waals surface area contributed by atoms with E-state index in [2.05, 4.69) is 10.3 Å². The number of benzene rings is 1. The van der Waals surface area contributed by atoms with E-state index in [1.165, 1.54) is 32.5 Å². The molecule has 1 aromatic carbocycles. The molecule has 7 heteroatoms. The van der Waals surface area contributed by atoms with Gasteiger partial charge in [0.2, 0.25) is 5.56 Å². The smallest absolute Gasteiger partial charge is 0.255 e. The largest absolute Gasteiger partial charge is 0.493 e. The number of pyridine rings is 1. The molecule has 0 radical (unpaired) electrons. The van der Waals surface area contributed by atoms with E-state index in [9.17, 15) is 9.59 Å². The lowest BCUT2D eigenvalue weighted by Crippen LogP contribution is -2.16. The number of hydrogen-bond donors (Lipinski definition) is 3. The van der Waals surface area contributed by atoms with Crippen molar-refractivity contribution in [3.8, 4) is 11.5 Å². The summed E-state index contributed by atoms with van der Waals surface area (Å²) < 4.78 is 10.3. The quantitative estimate of drug-likeness (QED) is 0.734. The minimum Gasteiger partial charge on any atom is -0.493 e. The van der Waals surface area contributed by atoms with Crippen LogP contribution in [0.2, 0.25) is 0 Å². The normalized spacial score (nSPS) is 10.0. The van der Waals surface area contributed by atoms with Crippen LogP contribution < -0.4 is 26.1 Å². The monoisotopic (exact) mass is 289 g/mol. The minimum atomic E-state index is -0.444. The second-order valence-electron chi connectivity index (χ2n) is 4.19. The third-order valence-electron chi connectivity index (χ3n) is 2.84. The molecular formula is C14H15N3O4. The second-order valence-corrected chi connectivity index (χ2v) is 4.19. The molecule has 1 amide bonds. The Morgan fingerprint density at radius 1 is 1.19 bits per heavy atom. The van der Waals surface area contributed by atoms with E-state index >= 15 is 0 Å². The van der Waals surface area contributed by atoms with Crippen molar-refractivity contribution < 1.29 is 14.3 Å². The molecule has 2 rings (SSSR count). The van der Waals surface area contributed by atoms with E-state index in [-0.39, 0.29) is 11.1 Å². The molecule has 1 aromatic heterocycles. The molecule has 0 atom stereocenters. The van der Waals surface area contributed by atoms with Gasteiger partial charge in [-0.25, -0.2) is 0 Å². The Hall–Kier alpha value is -2.96. The summed E-state index contributed by atoms with van der Waals surface area (Å²) in [4.78, 5) is 25.7. The molecule has 0 bridgehead atoms. The van der Waals surface area contributed by atoms with Crippen LogP contribution in [0.1, 0.15) is 10.4 Å². The van der Waals surface area contributed by atoms with Crippen molar-refractivity contribution >= 4 is 17.3 Å². The second kappa shape index (κ2) is 6.00. The van der Waals surface area contributed by atoms with Crippen LogP contribution in [-0.2, 0) is 0 Å². The first-order chi connectivity index (χ1) is 10.0. The highest BCUT2D eigenvalue weighted by molar-refractivity contribution is 6.05. The summed E-state index contributed by atoms with van der Waals surface area (Å²) in [5, 5.41) is 2.63. The van der Waals surface area contributed by atoms with E-state index in [0.717, 1.165) is 0 Å². The number of anilines is 2. The van der Waals surface area contributed by atoms with Crippen LogP contribution in [0.5, 0.6) is 11.5 Å². The van der Waals surface area contributed by atoms with Crippen molar-refractivity contribution in [3.63, 3.8) is 0 Å². The van der Waals surface area contributed by atoms with Crippen LogP contribution in [0.15, 0.2) is 35.3 Å². The zero-order valence-corrected chi connectivity index (χ0v) is 11.6. The lowest BCUT2D eigenvalue weighted by Gasteiger charge is -2.13. The first-order valence-electron chi connectivity index (χ1n) is 6.06. The number of H-pyrrole nitrogens is 1. The Labute approximate surface area is 120 Å². The molecule has 0 aliphatic heterocycles. The van der Waals surface area contributed by atoms with Crippen molar-refractivity contribution in [1.29, 1.82) is 0 Å². The molecule has 0 aliphatic carbocycles. The molecular weight excluding hydrogens is 274 g/mol. The van der Waals surface area contributed by atoms with Crippen LogP contribution in [-0.4, -0.2) is 25.1 Å². The number of amides is 1. The Kier molecular flexibility index (Phi) is 4.13. The maximum absolute atomic E-state index is 12.1. The number of nitrogens with two attached hydrogens (primary N) is 1. The third-order valence-corrected chi connectivity index (χ3v) is 2.84. The van der Waals surface area contributed by atoms with Crippen LogP contribution >= 0.6 is 0 Å². The lowest BCUT2D eigenvalue weighted by atomic mass is 10.2. The number of methoxy groups -OCH3 is 2. The van der Waals surface area contributed by atoms with Crippen molar-refractivity contribution in [2.24, 2.45) is 0 Å². The van der Waals surface area contributed by atoms with Gasteiger partial charge in [0.1, 0.15) is 0 Å². The van der Waals surface area contributed by atoms with Crippen molar-refractivity contribution in [3.05, 3.63) is 46.4 Å². The number of rotatable bonds is 4. The molecule has 1 heterocycles. The molecule has 0 fully saturated rings. The predicted octanol–water partition coefficient (Wildman–Crippen LogP) is 1.23. The molecule has 0 unspecified atom stereocenters. The maximum atomic E-state index is 12.1. The van der Waals surface area contributed by atoms with Gasteiger partial charge in [-0.1, -0.05) is 0 Å². The number of nitrogens with one attached hydrogen (secondary N) is 2. The van der Waals surface area contributed by atoms with Crippen LogP contribution in [0.3, 0.4) is 0 Å². The fourth-order valence-corrected chi connectivity index (χ4v) is 1.78. The number of aromatic amines is 1. The molecule has 21 heavy (non-hydrogen) atoms. The van der Waals surface area contributed by atoms with Crippen molar-refractivity contribution in [2.45, 2.75) is 0 Å². The number of carbonyl (C=O) groups excluding carboxylic acids is 1. The summed E-state index contributed by atoms with van der Waals surface area (Å²) in [5.41, 5.74) is 6.43. The van der Waals surface area contributed by atoms with E-state index in [0.29, 0.717) is 22.9 Å². The Morgan fingerprint density at radius 2 is 1.86 bits per heavy atom. The average Bonchev–Trinajstić information content (AvgIpc) is 2.48. The van der Waals surface area contributed by atoms with Gasteiger partial charge >= 0.3 is 0 Å². The molecule has 0 saturated carbocycles. The van der Waals surface area contributed by atoms with E-state index in [1.54, 1.807) is 12.1 Å². The minimum absolute atomic E-state index is 0.230. The van der Waals surface area contributed by atoms with Crippen LogP contribution in [0.25, 0.3) is 0 Å². The van der Waals surface area contributed by atoms with Gasteiger partial charge in [-0.05, 0) is 6.07 Å². The highest BCUT2D eigenvalue weighted by atomic mass is 16.5. The van der Waals surface area contributed by atoms with E-state index in [1.807, 2.05) is 0 Å². The van der Waals surface area contributed by atoms with Gasteiger partial charge in [-0.2, -0.15) is 0 Å². The van der Waals surface area contributed by atoms with Crippen LogP contribution in [0, 0.1) is 0 Å². The maximum Gasteiger partial charge on any atom is 0.255 e. The summed E-state index contributed by atoms with van der Waals surface area (Å²) in [5.74, 6) is 0.456. The number of aromatic nitrogens is 1. The van der Waals surface area contributed by atoms with Gasteiger partial charge in [-0.3, -0.25) is 9.59 Å². The number of nitrogen functional groups attached to an aromatic ring is 1.